The van der Waals surface area contributed by atoms with Gasteiger partial charge in [0, 0.05) is 16.2 Å². The van der Waals surface area contributed by atoms with Gasteiger partial charge in [0.05, 0.1) is 8.95 Å². The Morgan fingerprint density at radius 2 is 1.84 bits per heavy atom. The number of hydrazine groups is 1. The van der Waals surface area contributed by atoms with Crippen molar-refractivity contribution < 1.29 is 4.74 Å². The lowest BCUT2D eigenvalue weighted by atomic mass is 10.3. The van der Waals surface area contributed by atoms with Crippen LogP contribution in [0.25, 0.3) is 0 Å². The van der Waals surface area contributed by atoms with Crippen LogP contribution in [0.2, 0.25) is 0 Å². The second kappa shape index (κ2) is 6.69. The Bertz CT molecular complexity index is 552. The molecule has 0 bridgehead atoms. The van der Waals surface area contributed by atoms with E-state index >= 15 is 0 Å². The lowest BCUT2D eigenvalue weighted by Crippen LogP contribution is -2.08. The van der Waals surface area contributed by atoms with Gasteiger partial charge in [0.1, 0.15) is 18.2 Å². The fourth-order valence-electron chi connectivity index (χ4n) is 1.42. The Morgan fingerprint density at radius 1 is 1.16 bits per heavy atom. The molecule has 1 aromatic heterocycles. The van der Waals surface area contributed by atoms with Gasteiger partial charge in [-0.1, -0.05) is 22.0 Å². The fraction of sp³-hybridized carbons (Fsp3) is 0.0833. The van der Waals surface area contributed by atoms with Gasteiger partial charge in [-0.3, -0.25) is 0 Å². The van der Waals surface area contributed by atoms with Crippen molar-refractivity contribution >= 4 is 53.6 Å². The first-order valence-corrected chi connectivity index (χ1v) is 7.67. The van der Waals surface area contributed by atoms with E-state index in [1.54, 1.807) is 12.3 Å². The fourth-order valence-corrected chi connectivity index (χ4v) is 3.91. The summed E-state index contributed by atoms with van der Waals surface area (Å²) in [5.74, 6) is 6.63. The minimum atomic E-state index is 0.427. The van der Waals surface area contributed by atoms with Gasteiger partial charge in [0.25, 0.3) is 0 Å². The number of benzene rings is 1. The average Bonchev–Trinajstić information content (AvgIpc) is 2.38. The molecule has 1 aromatic carbocycles. The van der Waals surface area contributed by atoms with Crippen LogP contribution in [-0.2, 0) is 6.61 Å². The number of halogens is 3. The van der Waals surface area contributed by atoms with Crippen LogP contribution in [0.5, 0.6) is 5.75 Å². The number of nitrogen functional groups attached to an aromatic ring is 1. The number of anilines is 1. The first kappa shape index (κ1) is 14.8. The molecule has 0 amide bonds. The minimum Gasteiger partial charge on any atom is -0.486 e. The van der Waals surface area contributed by atoms with Crippen LogP contribution in [0.15, 0.2) is 43.9 Å². The molecule has 0 atom stereocenters. The van der Waals surface area contributed by atoms with E-state index in [0.29, 0.717) is 12.4 Å². The van der Waals surface area contributed by atoms with Crippen molar-refractivity contribution in [1.82, 2.24) is 4.98 Å². The highest BCUT2D eigenvalue weighted by atomic mass is 79.9. The summed E-state index contributed by atoms with van der Waals surface area (Å²) in [5, 5.41) is 0. The minimum absolute atomic E-state index is 0.427. The zero-order valence-corrected chi connectivity index (χ0v) is 14.4. The third-order valence-corrected chi connectivity index (χ3v) is 3.95. The quantitative estimate of drug-likeness (QED) is 0.539. The molecule has 0 fully saturated rings. The monoisotopic (exact) mass is 449 g/mol. The van der Waals surface area contributed by atoms with Crippen LogP contribution in [-0.4, -0.2) is 4.98 Å². The highest BCUT2D eigenvalue weighted by Crippen LogP contribution is 2.36. The summed E-state index contributed by atoms with van der Waals surface area (Å²) in [5.41, 5.74) is 3.44. The lowest BCUT2D eigenvalue weighted by molar-refractivity contribution is 0.302. The molecule has 0 saturated heterocycles. The smallest absolute Gasteiger partial charge is 0.148 e. The Morgan fingerprint density at radius 3 is 2.37 bits per heavy atom. The molecule has 4 nitrogen and oxygen atoms in total. The first-order chi connectivity index (χ1) is 9.10. The highest BCUT2D eigenvalue weighted by molar-refractivity contribution is 9.11. The molecule has 19 heavy (non-hydrogen) atoms. The van der Waals surface area contributed by atoms with E-state index in [-0.39, 0.29) is 0 Å². The zero-order chi connectivity index (χ0) is 13.8. The van der Waals surface area contributed by atoms with Crippen LogP contribution in [0.1, 0.15) is 5.56 Å². The standard InChI is InChI=1S/C12H10Br3N3O/c13-8-3-9(14)12(10(15)4-8)19-6-7-1-2-11(18-16)17-5-7/h1-5H,6,16H2,(H,17,18). The Balaban J connectivity index is 2.10. The number of hydrogen-bond donors (Lipinski definition) is 2. The number of aromatic nitrogens is 1. The van der Waals surface area contributed by atoms with Crippen molar-refractivity contribution in [3.05, 3.63) is 49.4 Å². The Labute approximate surface area is 136 Å². The molecule has 0 spiro atoms. The molecule has 100 valence electrons. The van der Waals surface area contributed by atoms with Crippen LogP contribution in [0, 0.1) is 0 Å². The molecule has 1 heterocycles. The molecule has 7 heteroatoms. The predicted octanol–water partition coefficient (Wildman–Crippen LogP) is 4.23. The molecule has 2 aromatic rings. The van der Waals surface area contributed by atoms with E-state index in [9.17, 15) is 0 Å². The summed E-state index contributed by atoms with van der Waals surface area (Å²) >= 11 is 10.3. The number of nitrogens with two attached hydrogens (primary N) is 1. The number of hydrogen-bond acceptors (Lipinski definition) is 4. The Hall–Kier alpha value is -0.630. The van der Waals surface area contributed by atoms with Crippen molar-refractivity contribution in [3.63, 3.8) is 0 Å². The number of nitrogens with zero attached hydrogens (tertiary/aromatic N) is 1. The largest absolute Gasteiger partial charge is 0.486 e. The molecule has 0 aliphatic carbocycles. The lowest BCUT2D eigenvalue weighted by Gasteiger charge is -2.11. The van der Waals surface area contributed by atoms with E-state index in [2.05, 4.69) is 58.2 Å². The van der Waals surface area contributed by atoms with Gasteiger partial charge < -0.3 is 10.2 Å². The topological polar surface area (TPSA) is 60.2 Å². The SMILES string of the molecule is NNc1ccc(COc2c(Br)cc(Br)cc2Br)cn1. The first-order valence-electron chi connectivity index (χ1n) is 5.29. The van der Waals surface area contributed by atoms with Crippen molar-refractivity contribution in [3.8, 4) is 5.75 Å². The molecular weight excluding hydrogens is 442 g/mol. The van der Waals surface area contributed by atoms with Crippen LogP contribution >= 0.6 is 47.8 Å². The number of nitrogens with one attached hydrogen (secondary N) is 1. The van der Waals surface area contributed by atoms with Gasteiger partial charge in [-0.25, -0.2) is 10.8 Å². The molecule has 0 aliphatic heterocycles. The summed E-state index contributed by atoms with van der Waals surface area (Å²) in [7, 11) is 0. The maximum absolute atomic E-state index is 5.78. The molecule has 0 unspecified atom stereocenters. The maximum Gasteiger partial charge on any atom is 0.148 e. The second-order valence-electron chi connectivity index (χ2n) is 3.68. The molecular formula is C12H10Br3N3O. The van der Waals surface area contributed by atoms with Crippen LogP contribution in [0.3, 0.4) is 0 Å². The average molecular weight is 452 g/mol. The number of pyridine rings is 1. The predicted molar refractivity (Wildman–Crippen MR) is 85.9 cm³/mol. The molecule has 2 rings (SSSR count). The molecule has 0 aliphatic rings. The van der Waals surface area contributed by atoms with Gasteiger partial charge in [0.15, 0.2) is 0 Å². The maximum atomic E-state index is 5.78. The second-order valence-corrected chi connectivity index (χ2v) is 6.31. The van der Waals surface area contributed by atoms with E-state index in [1.165, 1.54) is 0 Å². The molecule has 0 radical (unpaired) electrons. The van der Waals surface area contributed by atoms with Crippen molar-refractivity contribution in [2.75, 3.05) is 5.43 Å². The van der Waals surface area contributed by atoms with Crippen LogP contribution in [0.4, 0.5) is 5.82 Å². The third kappa shape index (κ3) is 3.92. The number of rotatable bonds is 4. The van der Waals surface area contributed by atoms with Gasteiger partial charge in [-0.05, 0) is 50.1 Å². The van der Waals surface area contributed by atoms with E-state index in [4.69, 9.17) is 10.6 Å². The van der Waals surface area contributed by atoms with Crippen LogP contribution < -0.4 is 16.0 Å². The van der Waals surface area contributed by atoms with Crippen molar-refractivity contribution in [2.24, 2.45) is 5.84 Å². The van der Waals surface area contributed by atoms with Gasteiger partial charge in [-0.2, -0.15) is 0 Å². The van der Waals surface area contributed by atoms with Gasteiger partial charge in [0.2, 0.25) is 0 Å². The molecule has 3 N–H and O–H groups in total. The van der Waals surface area contributed by atoms with E-state index in [0.717, 1.165) is 24.7 Å². The number of ether oxygens (including phenoxy) is 1. The summed E-state index contributed by atoms with van der Waals surface area (Å²) in [6, 6.07) is 7.56. The summed E-state index contributed by atoms with van der Waals surface area (Å²) in [6.07, 6.45) is 1.72. The Kier molecular flexibility index (Phi) is 5.20. The highest BCUT2D eigenvalue weighted by Gasteiger charge is 2.08. The van der Waals surface area contributed by atoms with Crippen molar-refractivity contribution in [1.29, 1.82) is 0 Å². The van der Waals surface area contributed by atoms with E-state index < -0.39 is 0 Å². The van der Waals surface area contributed by atoms with Gasteiger partial charge >= 0.3 is 0 Å². The van der Waals surface area contributed by atoms with Gasteiger partial charge in [-0.15, -0.1) is 0 Å². The summed E-state index contributed by atoms with van der Waals surface area (Å²) in [6.45, 7) is 0.427. The normalized spacial score (nSPS) is 10.3. The van der Waals surface area contributed by atoms with Crippen molar-refractivity contribution in [2.45, 2.75) is 6.61 Å². The van der Waals surface area contributed by atoms with E-state index in [1.807, 2.05) is 18.2 Å². The zero-order valence-electron chi connectivity index (χ0n) is 9.66. The summed E-state index contributed by atoms with van der Waals surface area (Å²) in [4.78, 5) is 4.12. The third-order valence-electron chi connectivity index (χ3n) is 2.32. The molecule has 0 saturated carbocycles. The summed E-state index contributed by atoms with van der Waals surface area (Å²) < 4.78 is 8.50.